The highest BCUT2D eigenvalue weighted by Crippen LogP contribution is 2.36. The lowest BCUT2D eigenvalue weighted by atomic mass is 10.1. The van der Waals surface area contributed by atoms with E-state index in [4.69, 9.17) is 4.74 Å². The van der Waals surface area contributed by atoms with Gasteiger partial charge in [0.2, 0.25) is 0 Å². The third-order valence-electron chi connectivity index (χ3n) is 2.81. The van der Waals surface area contributed by atoms with Gasteiger partial charge >= 0.3 is 5.97 Å². The first-order valence-electron chi connectivity index (χ1n) is 5.35. The third kappa shape index (κ3) is 2.45. The quantitative estimate of drug-likeness (QED) is 0.800. The Labute approximate surface area is 114 Å². The molecule has 1 atom stereocenters. The van der Waals surface area contributed by atoms with Crippen LogP contribution in [0.15, 0.2) is 12.5 Å². The molecule has 0 aromatic carbocycles. The van der Waals surface area contributed by atoms with Crippen LogP contribution in [0.1, 0.15) is 27.4 Å². The number of rotatable bonds is 3. The third-order valence-corrected chi connectivity index (χ3v) is 5.44. The fourth-order valence-corrected chi connectivity index (χ4v) is 3.58. The molecule has 0 fully saturated rings. The zero-order valence-electron chi connectivity index (χ0n) is 10.6. The van der Waals surface area contributed by atoms with Gasteiger partial charge in [-0.2, -0.15) is 0 Å². The number of aromatic nitrogens is 2. The molecule has 0 aliphatic carbocycles. The number of carbonyl (C=O) groups is 1. The minimum absolute atomic E-state index is 0.260. The van der Waals surface area contributed by atoms with Gasteiger partial charge in [-0.3, -0.25) is 0 Å². The maximum atomic E-state index is 11.8. The molecule has 0 bridgehead atoms. The van der Waals surface area contributed by atoms with Crippen LogP contribution < -0.4 is 0 Å². The van der Waals surface area contributed by atoms with Crippen molar-refractivity contribution in [1.29, 1.82) is 0 Å². The predicted octanol–water partition coefficient (Wildman–Crippen LogP) is 1.58. The van der Waals surface area contributed by atoms with Gasteiger partial charge in [0.15, 0.2) is 9.84 Å². The van der Waals surface area contributed by atoms with Crippen molar-refractivity contribution in [2.24, 2.45) is 0 Å². The van der Waals surface area contributed by atoms with Crippen LogP contribution in [0.5, 0.6) is 0 Å². The maximum Gasteiger partial charge on any atom is 0.348 e. The van der Waals surface area contributed by atoms with Gasteiger partial charge in [0.25, 0.3) is 0 Å². The summed E-state index contributed by atoms with van der Waals surface area (Å²) in [7, 11) is -2.09. The first kappa shape index (κ1) is 13.9. The van der Waals surface area contributed by atoms with E-state index >= 15 is 0 Å². The number of thiophene rings is 1. The Hall–Kier alpha value is -1.54. The van der Waals surface area contributed by atoms with E-state index in [1.807, 2.05) is 0 Å². The Kier molecular flexibility index (Phi) is 3.55. The Balaban J connectivity index is 2.78. The van der Waals surface area contributed by atoms with Crippen molar-refractivity contribution in [3.05, 3.63) is 23.0 Å². The van der Waals surface area contributed by atoms with E-state index in [1.54, 1.807) is 6.20 Å². The van der Waals surface area contributed by atoms with Gasteiger partial charge in [0.1, 0.15) is 11.2 Å². The number of sulfone groups is 1. The molecule has 0 aliphatic rings. The summed E-state index contributed by atoms with van der Waals surface area (Å²) in [6, 6.07) is 0. The van der Waals surface area contributed by atoms with Crippen LogP contribution in [0.3, 0.4) is 0 Å². The van der Waals surface area contributed by atoms with Gasteiger partial charge in [0.05, 0.1) is 22.6 Å². The molecule has 2 rings (SSSR count). The molecule has 8 heteroatoms. The minimum atomic E-state index is -3.34. The van der Waals surface area contributed by atoms with Crippen LogP contribution in [0.2, 0.25) is 0 Å². The molecule has 0 radical (unpaired) electrons. The molecule has 0 amide bonds. The highest BCUT2D eigenvalue weighted by Gasteiger charge is 2.29. The summed E-state index contributed by atoms with van der Waals surface area (Å²) in [6.07, 6.45) is 4.01. The van der Waals surface area contributed by atoms with E-state index in [9.17, 15) is 13.2 Å². The molecular weight excluding hydrogens is 288 g/mol. The van der Waals surface area contributed by atoms with Crippen LogP contribution in [0, 0.1) is 0 Å². The highest BCUT2D eigenvalue weighted by molar-refractivity contribution is 7.90. The van der Waals surface area contributed by atoms with E-state index in [-0.39, 0.29) is 4.88 Å². The number of esters is 1. The molecule has 2 heterocycles. The number of nitrogens with zero attached hydrogens (tertiary/aromatic N) is 2. The van der Waals surface area contributed by atoms with Crippen LogP contribution >= 0.6 is 11.3 Å². The minimum Gasteiger partial charge on any atom is -0.465 e. The van der Waals surface area contributed by atoms with Crippen molar-refractivity contribution < 1.29 is 17.9 Å². The average Bonchev–Trinajstić information content (AvgIpc) is 2.74. The van der Waals surface area contributed by atoms with E-state index in [2.05, 4.69) is 9.97 Å². The maximum absolute atomic E-state index is 11.8. The second kappa shape index (κ2) is 4.86. The van der Waals surface area contributed by atoms with Crippen molar-refractivity contribution in [3.8, 4) is 0 Å². The van der Waals surface area contributed by atoms with Gasteiger partial charge in [-0.1, -0.05) is 0 Å². The Morgan fingerprint density at radius 1 is 1.47 bits per heavy atom. The molecule has 2 aromatic rings. The Morgan fingerprint density at radius 2 is 2.16 bits per heavy atom. The molecular formula is C11H12N2O4S2. The molecule has 0 saturated carbocycles. The molecule has 0 N–H and O–H groups in total. The summed E-state index contributed by atoms with van der Waals surface area (Å²) in [5.41, 5.74) is 0.870. The van der Waals surface area contributed by atoms with Gasteiger partial charge in [-0.05, 0) is 6.92 Å². The zero-order valence-corrected chi connectivity index (χ0v) is 12.2. The Bertz CT molecular complexity index is 736. The predicted molar refractivity (Wildman–Crippen MR) is 72.0 cm³/mol. The molecule has 2 aromatic heterocycles. The lowest BCUT2D eigenvalue weighted by molar-refractivity contribution is 0.0605. The van der Waals surface area contributed by atoms with Crippen molar-refractivity contribution in [3.63, 3.8) is 0 Å². The largest absolute Gasteiger partial charge is 0.465 e. The fraction of sp³-hybridized carbons (Fsp3) is 0.364. The SMILES string of the molecule is COC(=O)c1sc2cncnc2c1C(C)S(C)(=O)=O. The summed E-state index contributed by atoms with van der Waals surface area (Å²) in [5, 5.41) is -0.828. The molecule has 0 spiro atoms. The molecule has 19 heavy (non-hydrogen) atoms. The summed E-state index contributed by atoms with van der Waals surface area (Å²) < 4.78 is 28.8. The molecule has 0 saturated heterocycles. The van der Waals surface area contributed by atoms with Crippen molar-refractivity contribution in [2.45, 2.75) is 12.2 Å². The second-order valence-corrected chi connectivity index (χ2v) is 7.46. The summed E-state index contributed by atoms with van der Waals surface area (Å²) >= 11 is 1.14. The van der Waals surface area contributed by atoms with Crippen molar-refractivity contribution >= 4 is 37.4 Å². The number of hydrogen-bond acceptors (Lipinski definition) is 7. The summed E-state index contributed by atoms with van der Waals surface area (Å²) in [6.45, 7) is 1.53. The smallest absolute Gasteiger partial charge is 0.348 e. The Morgan fingerprint density at radius 3 is 2.74 bits per heavy atom. The lowest BCUT2D eigenvalue weighted by Crippen LogP contribution is -2.12. The number of ether oxygens (including phenoxy) is 1. The van der Waals surface area contributed by atoms with Crippen molar-refractivity contribution in [2.75, 3.05) is 13.4 Å². The first-order chi connectivity index (χ1) is 8.86. The number of hydrogen-bond donors (Lipinski definition) is 0. The lowest BCUT2D eigenvalue weighted by Gasteiger charge is -2.10. The van der Waals surface area contributed by atoms with Crippen molar-refractivity contribution in [1.82, 2.24) is 9.97 Å². The highest BCUT2D eigenvalue weighted by atomic mass is 32.2. The monoisotopic (exact) mass is 300 g/mol. The summed E-state index contributed by atoms with van der Waals surface area (Å²) in [4.78, 5) is 20.0. The molecule has 6 nitrogen and oxygen atoms in total. The molecule has 102 valence electrons. The first-order valence-corrected chi connectivity index (χ1v) is 8.13. The van der Waals surface area contributed by atoms with Crippen LogP contribution in [-0.2, 0) is 14.6 Å². The average molecular weight is 300 g/mol. The van der Waals surface area contributed by atoms with E-state index in [1.165, 1.54) is 20.4 Å². The number of methoxy groups -OCH3 is 1. The van der Waals surface area contributed by atoms with Crippen LogP contribution in [0.4, 0.5) is 0 Å². The standard InChI is InChI=1S/C11H12N2O4S2/c1-6(19(3,15)16)8-9-7(4-12-5-13-9)18-10(8)11(14)17-2/h4-6H,1-3H3. The van der Waals surface area contributed by atoms with Crippen LogP contribution in [-0.4, -0.2) is 37.7 Å². The second-order valence-electron chi connectivity index (χ2n) is 4.04. The van der Waals surface area contributed by atoms with E-state index in [0.29, 0.717) is 15.8 Å². The van der Waals surface area contributed by atoms with E-state index < -0.39 is 21.1 Å². The molecule has 0 aliphatic heterocycles. The van der Waals surface area contributed by atoms with Crippen LogP contribution in [0.25, 0.3) is 10.2 Å². The summed E-state index contributed by atoms with van der Waals surface area (Å²) in [5.74, 6) is -0.562. The van der Waals surface area contributed by atoms with Gasteiger partial charge < -0.3 is 4.74 Å². The fourth-order valence-electron chi connectivity index (χ4n) is 1.70. The molecule has 1 unspecified atom stereocenters. The van der Waals surface area contributed by atoms with Gasteiger partial charge in [0, 0.05) is 18.0 Å². The van der Waals surface area contributed by atoms with Gasteiger partial charge in [-0.25, -0.2) is 23.2 Å². The van der Waals surface area contributed by atoms with E-state index in [0.717, 1.165) is 17.6 Å². The number of fused-ring (bicyclic) bond motifs is 1. The zero-order chi connectivity index (χ0) is 14.2. The normalized spacial score (nSPS) is 13.4. The topological polar surface area (TPSA) is 86.2 Å². The van der Waals surface area contributed by atoms with Gasteiger partial charge in [-0.15, -0.1) is 11.3 Å². The number of carbonyl (C=O) groups excluding carboxylic acids is 1.